The topological polar surface area (TPSA) is 12.5 Å². The predicted octanol–water partition coefficient (Wildman–Crippen LogP) is 2.58. The maximum Gasteiger partial charge on any atom is 0.441 e. The van der Waals surface area contributed by atoms with Crippen molar-refractivity contribution < 1.29 is 17.9 Å². The Bertz CT molecular complexity index is 170. The van der Waals surface area contributed by atoms with E-state index in [1.165, 1.54) is 0 Å². The highest BCUT2D eigenvalue weighted by atomic mass is 79.9. The molecule has 7 heteroatoms. The van der Waals surface area contributed by atoms with Gasteiger partial charge in [0.05, 0.1) is 11.4 Å². The molecule has 0 aliphatic rings. The summed E-state index contributed by atoms with van der Waals surface area (Å²) in [6.07, 6.45) is 0. The fourth-order valence-electron chi connectivity index (χ4n) is 0.980. The van der Waals surface area contributed by atoms with Crippen LogP contribution in [0, 0.1) is 0 Å². The van der Waals surface area contributed by atoms with E-state index in [1.54, 1.807) is 14.2 Å². The summed E-state index contributed by atoms with van der Waals surface area (Å²) in [6, 6.07) is 0. The van der Waals surface area contributed by atoms with Gasteiger partial charge in [0, 0.05) is 26.0 Å². The Balaban J connectivity index is 3.53. The summed E-state index contributed by atoms with van der Waals surface area (Å²) < 4.78 is 40.3. The van der Waals surface area contributed by atoms with Crippen LogP contribution in [0.5, 0.6) is 0 Å². The van der Waals surface area contributed by atoms with Gasteiger partial charge in [-0.2, -0.15) is 13.2 Å². The quantitative estimate of drug-likeness (QED) is 0.671. The number of halogens is 4. The predicted molar refractivity (Wildman–Crippen MR) is 60.6 cm³/mol. The van der Waals surface area contributed by atoms with Gasteiger partial charge in [0.15, 0.2) is 0 Å². The zero-order valence-electron chi connectivity index (χ0n) is 8.68. The lowest BCUT2D eigenvalue weighted by Crippen LogP contribution is -2.30. The summed E-state index contributed by atoms with van der Waals surface area (Å²) in [4.78, 5) is 2.00. The second-order valence-electron chi connectivity index (χ2n) is 3.11. The minimum atomic E-state index is -4.12. The van der Waals surface area contributed by atoms with Crippen LogP contribution in [0.3, 0.4) is 0 Å². The molecule has 0 radical (unpaired) electrons. The molecule has 0 N–H and O–H groups in total. The number of hydrogen-bond donors (Lipinski definition) is 0. The van der Waals surface area contributed by atoms with Gasteiger partial charge in [-0.1, -0.05) is 15.9 Å². The monoisotopic (exact) mass is 309 g/mol. The lowest BCUT2D eigenvalue weighted by molar-refractivity contribution is -0.0328. The van der Waals surface area contributed by atoms with E-state index in [9.17, 15) is 13.2 Å². The molecular weight excluding hydrogens is 295 g/mol. The van der Waals surface area contributed by atoms with Crippen LogP contribution in [0.1, 0.15) is 0 Å². The van der Waals surface area contributed by atoms with E-state index >= 15 is 0 Å². The van der Waals surface area contributed by atoms with Gasteiger partial charge >= 0.3 is 5.51 Å². The maximum absolute atomic E-state index is 11.8. The highest BCUT2D eigenvalue weighted by molar-refractivity contribution is 9.09. The molecule has 0 aromatic rings. The number of methoxy groups -OCH3 is 1. The Morgan fingerprint density at radius 2 is 2.07 bits per heavy atom. The number of thioether (sulfide) groups is 1. The summed E-state index contributed by atoms with van der Waals surface area (Å²) in [5.41, 5.74) is -4.12. The molecule has 1 unspecified atom stereocenters. The molecule has 0 aromatic heterocycles. The van der Waals surface area contributed by atoms with Crippen molar-refractivity contribution in [1.82, 2.24) is 4.90 Å². The van der Waals surface area contributed by atoms with Crippen molar-refractivity contribution in [2.75, 3.05) is 39.6 Å². The van der Waals surface area contributed by atoms with Crippen molar-refractivity contribution in [1.29, 1.82) is 0 Å². The third-order valence-electron chi connectivity index (χ3n) is 1.60. The number of ether oxygens (including phenoxy) is 1. The highest BCUT2D eigenvalue weighted by Gasteiger charge is 2.27. The first-order chi connectivity index (χ1) is 6.85. The number of rotatable bonds is 7. The van der Waals surface area contributed by atoms with Crippen molar-refractivity contribution in [3.05, 3.63) is 0 Å². The van der Waals surface area contributed by atoms with Gasteiger partial charge in [0.2, 0.25) is 0 Å². The molecular formula is C8H15BrF3NOS. The van der Waals surface area contributed by atoms with E-state index in [0.717, 1.165) is 0 Å². The van der Waals surface area contributed by atoms with E-state index in [4.69, 9.17) is 4.74 Å². The first kappa shape index (κ1) is 15.5. The van der Waals surface area contributed by atoms with E-state index in [2.05, 4.69) is 15.9 Å². The Morgan fingerprint density at radius 3 is 2.53 bits per heavy atom. The Morgan fingerprint density at radius 1 is 1.47 bits per heavy atom. The standard InChI is InChI=1S/C8H15BrF3NOS/c1-13(5-7(9)6-14-2)3-4-15-8(10,11)12/h7H,3-6H2,1-2H3. The Hall–Kier alpha value is 0.540. The number of hydrogen-bond acceptors (Lipinski definition) is 3. The summed E-state index contributed by atoms with van der Waals surface area (Å²) in [6.45, 7) is 1.64. The van der Waals surface area contributed by atoms with Crippen LogP contribution < -0.4 is 0 Å². The SMILES string of the molecule is COCC(Br)CN(C)CCSC(F)(F)F. The number of nitrogens with zero attached hydrogens (tertiary/aromatic N) is 1. The zero-order chi connectivity index (χ0) is 11.9. The van der Waals surface area contributed by atoms with Crippen molar-refractivity contribution in [2.24, 2.45) is 0 Å². The fraction of sp³-hybridized carbons (Fsp3) is 1.00. The van der Waals surface area contributed by atoms with Gasteiger partial charge in [-0.05, 0) is 18.8 Å². The molecule has 0 bridgehead atoms. The molecule has 0 rings (SSSR count). The molecule has 1 atom stereocenters. The van der Waals surface area contributed by atoms with E-state index in [-0.39, 0.29) is 22.3 Å². The third-order valence-corrected chi connectivity index (χ3v) is 2.86. The second-order valence-corrected chi connectivity index (χ2v) is 5.56. The molecule has 0 heterocycles. The van der Waals surface area contributed by atoms with Crippen LogP contribution in [-0.4, -0.2) is 54.8 Å². The van der Waals surface area contributed by atoms with Crippen molar-refractivity contribution >= 4 is 27.7 Å². The first-order valence-corrected chi connectivity index (χ1v) is 6.27. The summed E-state index contributed by atoms with van der Waals surface area (Å²) in [7, 11) is 3.38. The molecule has 0 fully saturated rings. The maximum atomic E-state index is 11.8. The van der Waals surface area contributed by atoms with Gasteiger partial charge in [-0.25, -0.2) is 0 Å². The van der Waals surface area contributed by atoms with Gasteiger partial charge in [-0.15, -0.1) is 0 Å². The van der Waals surface area contributed by atoms with Crippen LogP contribution in [0.25, 0.3) is 0 Å². The third kappa shape index (κ3) is 10.8. The molecule has 0 aliphatic carbocycles. The first-order valence-electron chi connectivity index (χ1n) is 4.37. The summed E-state index contributed by atoms with van der Waals surface area (Å²) >= 11 is 3.39. The molecule has 0 saturated heterocycles. The normalized spacial score (nSPS) is 14.6. The molecule has 0 spiro atoms. The van der Waals surface area contributed by atoms with Crippen molar-refractivity contribution in [3.8, 4) is 0 Å². The average molecular weight is 310 g/mol. The van der Waals surface area contributed by atoms with Crippen molar-refractivity contribution in [2.45, 2.75) is 10.3 Å². The average Bonchev–Trinajstić information content (AvgIpc) is 2.01. The highest BCUT2D eigenvalue weighted by Crippen LogP contribution is 2.29. The Kier molecular flexibility index (Phi) is 8.03. The zero-order valence-corrected chi connectivity index (χ0v) is 11.1. The van der Waals surface area contributed by atoms with Crippen molar-refractivity contribution in [3.63, 3.8) is 0 Å². The fourth-order valence-corrected chi connectivity index (χ4v) is 2.37. The smallest absolute Gasteiger partial charge is 0.383 e. The lowest BCUT2D eigenvalue weighted by Gasteiger charge is -2.19. The minimum Gasteiger partial charge on any atom is -0.383 e. The van der Waals surface area contributed by atoms with Gasteiger partial charge in [0.1, 0.15) is 0 Å². The van der Waals surface area contributed by atoms with Gasteiger partial charge < -0.3 is 9.64 Å². The van der Waals surface area contributed by atoms with E-state index < -0.39 is 5.51 Å². The minimum absolute atomic E-state index is 0.0141. The lowest BCUT2D eigenvalue weighted by atomic mass is 10.4. The molecule has 0 amide bonds. The van der Waals surface area contributed by atoms with Gasteiger partial charge in [-0.3, -0.25) is 0 Å². The summed E-state index contributed by atoms with van der Waals surface area (Å²) in [5.74, 6) is 0.0622. The largest absolute Gasteiger partial charge is 0.441 e. The molecule has 92 valence electrons. The van der Waals surface area contributed by atoms with Crippen LogP contribution in [0.15, 0.2) is 0 Å². The van der Waals surface area contributed by atoms with Gasteiger partial charge in [0.25, 0.3) is 0 Å². The van der Waals surface area contributed by atoms with Crippen LogP contribution in [-0.2, 0) is 4.74 Å². The van der Waals surface area contributed by atoms with Crippen LogP contribution >= 0.6 is 27.7 Å². The van der Waals surface area contributed by atoms with Crippen LogP contribution in [0.4, 0.5) is 13.2 Å². The van der Waals surface area contributed by atoms with E-state index in [1.807, 2.05) is 4.90 Å². The van der Waals surface area contributed by atoms with E-state index in [0.29, 0.717) is 19.7 Å². The number of alkyl halides is 4. The molecule has 2 nitrogen and oxygen atoms in total. The Labute approximate surface area is 101 Å². The second kappa shape index (κ2) is 7.76. The van der Waals surface area contributed by atoms with Crippen LogP contribution in [0.2, 0.25) is 0 Å². The molecule has 0 aromatic carbocycles. The molecule has 0 saturated carbocycles. The summed E-state index contributed by atoms with van der Waals surface area (Å²) in [5, 5.41) is 0. The molecule has 0 aliphatic heterocycles. The molecule has 15 heavy (non-hydrogen) atoms.